The van der Waals surface area contributed by atoms with Gasteiger partial charge in [0.1, 0.15) is 0 Å². The minimum atomic E-state index is -0.0471. The third-order valence-corrected chi connectivity index (χ3v) is 2.83. The van der Waals surface area contributed by atoms with Crippen LogP contribution >= 0.6 is 0 Å². The lowest BCUT2D eigenvalue weighted by Gasteiger charge is -2.31. The highest BCUT2D eigenvalue weighted by molar-refractivity contribution is 5.34. The van der Waals surface area contributed by atoms with Crippen molar-refractivity contribution in [3.63, 3.8) is 0 Å². The molecular weight excluding hydrogens is 258 g/mol. The Balaban J connectivity index is 2.86. The molecule has 0 saturated heterocycles. The number of nitrogens with zero attached hydrogens (tertiary/aromatic N) is 3. The first kappa shape index (κ1) is 16.4. The van der Waals surface area contributed by atoms with Crippen molar-refractivity contribution in [1.82, 2.24) is 15.0 Å². The van der Waals surface area contributed by atoms with Crippen LogP contribution in [0.4, 0.5) is 11.9 Å². The number of aromatic nitrogens is 3. The standard InChI is InChI=1S/C13H25N5O2/c1-5-8-20-12-17-10(14)16-11(18-12)15-9(6-7-19)13(2,3)4/h9,19H,5-8H2,1-4H3,(H3,14,15,16,17,18). The summed E-state index contributed by atoms with van der Waals surface area (Å²) in [5.41, 5.74) is 5.61. The summed E-state index contributed by atoms with van der Waals surface area (Å²) in [6.07, 6.45) is 1.46. The molecule has 1 aromatic heterocycles. The Morgan fingerprint density at radius 3 is 2.55 bits per heavy atom. The summed E-state index contributed by atoms with van der Waals surface area (Å²) < 4.78 is 5.37. The van der Waals surface area contributed by atoms with Gasteiger partial charge >= 0.3 is 6.01 Å². The van der Waals surface area contributed by atoms with Gasteiger partial charge in [0.05, 0.1) is 6.61 Å². The second-order valence-corrected chi connectivity index (χ2v) is 5.72. The van der Waals surface area contributed by atoms with E-state index in [1.165, 1.54) is 0 Å². The Morgan fingerprint density at radius 2 is 2.00 bits per heavy atom. The van der Waals surface area contributed by atoms with Crippen molar-refractivity contribution in [3.8, 4) is 6.01 Å². The number of rotatable bonds is 7. The molecule has 7 heteroatoms. The number of nitrogen functional groups attached to an aromatic ring is 1. The van der Waals surface area contributed by atoms with E-state index < -0.39 is 0 Å². The van der Waals surface area contributed by atoms with Gasteiger partial charge in [-0.05, 0) is 18.3 Å². The van der Waals surface area contributed by atoms with E-state index in [4.69, 9.17) is 15.6 Å². The molecule has 0 saturated carbocycles. The molecule has 1 atom stereocenters. The van der Waals surface area contributed by atoms with Crippen molar-refractivity contribution in [1.29, 1.82) is 0 Å². The van der Waals surface area contributed by atoms with Crippen molar-refractivity contribution in [2.45, 2.75) is 46.6 Å². The molecule has 0 spiro atoms. The van der Waals surface area contributed by atoms with Crippen LogP contribution in [0.1, 0.15) is 40.5 Å². The summed E-state index contributed by atoms with van der Waals surface area (Å²) >= 11 is 0. The van der Waals surface area contributed by atoms with Gasteiger partial charge in [0.25, 0.3) is 0 Å². The average Bonchev–Trinajstić information content (AvgIpc) is 2.34. The number of aliphatic hydroxyl groups excluding tert-OH is 1. The number of nitrogens with two attached hydrogens (primary N) is 1. The third kappa shape index (κ3) is 5.16. The fourth-order valence-electron chi connectivity index (χ4n) is 1.70. The monoisotopic (exact) mass is 283 g/mol. The molecule has 0 amide bonds. The Hall–Kier alpha value is -1.63. The van der Waals surface area contributed by atoms with Crippen molar-refractivity contribution in [3.05, 3.63) is 0 Å². The molecule has 1 heterocycles. The number of ether oxygens (including phenoxy) is 1. The first-order valence-corrected chi connectivity index (χ1v) is 6.88. The fraction of sp³-hybridized carbons (Fsp3) is 0.769. The lowest BCUT2D eigenvalue weighted by Crippen LogP contribution is -2.35. The average molecular weight is 283 g/mol. The minimum Gasteiger partial charge on any atom is -0.463 e. The maximum atomic E-state index is 9.16. The maximum absolute atomic E-state index is 9.16. The molecule has 0 radical (unpaired) electrons. The Morgan fingerprint density at radius 1 is 1.30 bits per heavy atom. The minimum absolute atomic E-state index is 0.0216. The Kier molecular flexibility index (Phi) is 5.94. The quantitative estimate of drug-likeness (QED) is 0.695. The zero-order valence-corrected chi connectivity index (χ0v) is 12.7. The fourth-order valence-corrected chi connectivity index (χ4v) is 1.70. The molecule has 1 rings (SSSR count). The molecule has 0 aliphatic heterocycles. The molecule has 114 valence electrons. The summed E-state index contributed by atoms with van der Waals surface area (Å²) in [5.74, 6) is 0.488. The molecular formula is C13H25N5O2. The van der Waals surface area contributed by atoms with Crippen molar-refractivity contribution in [2.24, 2.45) is 5.41 Å². The third-order valence-electron chi connectivity index (χ3n) is 2.83. The van der Waals surface area contributed by atoms with Gasteiger partial charge in [0.2, 0.25) is 11.9 Å². The van der Waals surface area contributed by atoms with E-state index in [2.05, 4.69) is 41.0 Å². The topological polar surface area (TPSA) is 106 Å². The zero-order chi connectivity index (χ0) is 15.2. The highest BCUT2D eigenvalue weighted by Crippen LogP contribution is 2.24. The summed E-state index contributed by atoms with van der Waals surface area (Å²) in [7, 11) is 0. The van der Waals surface area contributed by atoms with Crippen LogP contribution in [0.25, 0.3) is 0 Å². The molecule has 1 unspecified atom stereocenters. The normalized spacial score (nSPS) is 13.1. The van der Waals surface area contributed by atoms with Crippen molar-refractivity contribution >= 4 is 11.9 Å². The predicted molar refractivity (Wildman–Crippen MR) is 78.6 cm³/mol. The Bertz CT molecular complexity index is 420. The summed E-state index contributed by atoms with van der Waals surface area (Å²) in [4.78, 5) is 12.2. The number of aliphatic hydroxyl groups is 1. The zero-order valence-electron chi connectivity index (χ0n) is 12.7. The van der Waals surface area contributed by atoms with Gasteiger partial charge in [-0.25, -0.2) is 0 Å². The van der Waals surface area contributed by atoms with Crippen LogP contribution in [-0.4, -0.2) is 39.3 Å². The first-order chi connectivity index (χ1) is 9.36. The SMILES string of the molecule is CCCOc1nc(N)nc(NC(CCO)C(C)(C)C)n1. The van der Waals surface area contributed by atoms with Crippen LogP contribution in [0.5, 0.6) is 6.01 Å². The van der Waals surface area contributed by atoms with Crippen LogP contribution in [0.2, 0.25) is 0 Å². The molecule has 1 aromatic rings. The van der Waals surface area contributed by atoms with Crippen molar-refractivity contribution < 1.29 is 9.84 Å². The molecule has 0 bridgehead atoms. The first-order valence-electron chi connectivity index (χ1n) is 6.88. The van der Waals surface area contributed by atoms with Gasteiger partial charge in [-0.15, -0.1) is 0 Å². The number of anilines is 2. The van der Waals surface area contributed by atoms with Gasteiger partial charge < -0.3 is 20.9 Å². The van der Waals surface area contributed by atoms with Gasteiger partial charge in [-0.3, -0.25) is 0 Å². The van der Waals surface area contributed by atoms with Gasteiger partial charge in [-0.2, -0.15) is 15.0 Å². The van der Waals surface area contributed by atoms with Crippen LogP contribution in [0.3, 0.4) is 0 Å². The number of hydrogen-bond acceptors (Lipinski definition) is 7. The van der Waals surface area contributed by atoms with E-state index in [-0.39, 0.29) is 30.0 Å². The van der Waals surface area contributed by atoms with Gasteiger partial charge in [0.15, 0.2) is 0 Å². The lowest BCUT2D eigenvalue weighted by molar-refractivity contribution is 0.234. The second kappa shape index (κ2) is 7.23. The summed E-state index contributed by atoms with van der Waals surface area (Å²) in [6.45, 7) is 8.87. The number of hydrogen-bond donors (Lipinski definition) is 3. The van der Waals surface area contributed by atoms with Crippen LogP contribution in [0, 0.1) is 5.41 Å². The van der Waals surface area contributed by atoms with E-state index in [9.17, 15) is 0 Å². The highest BCUT2D eigenvalue weighted by Gasteiger charge is 2.25. The maximum Gasteiger partial charge on any atom is 0.323 e. The van der Waals surface area contributed by atoms with Gasteiger partial charge in [0, 0.05) is 12.6 Å². The molecule has 0 aromatic carbocycles. The molecule has 20 heavy (non-hydrogen) atoms. The van der Waals surface area contributed by atoms with Crippen LogP contribution in [0.15, 0.2) is 0 Å². The van der Waals surface area contributed by atoms with E-state index >= 15 is 0 Å². The smallest absolute Gasteiger partial charge is 0.323 e. The van der Waals surface area contributed by atoms with Gasteiger partial charge in [-0.1, -0.05) is 27.7 Å². The highest BCUT2D eigenvalue weighted by atomic mass is 16.5. The van der Waals surface area contributed by atoms with E-state index in [0.717, 1.165) is 6.42 Å². The molecule has 4 N–H and O–H groups in total. The lowest BCUT2D eigenvalue weighted by atomic mass is 9.85. The predicted octanol–water partition coefficient (Wildman–Crippen LogP) is 1.45. The molecule has 0 aliphatic carbocycles. The summed E-state index contributed by atoms with van der Waals surface area (Å²) in [6, 6.07) is 0.242. The largest absolute Gasteiger partial charge is 0.463 e. The van der Waals surface area contributed by atoms with E-state index in [1.54, 1.807) is 0 Å². The van der Waals surface area contributed by atoms with Crippen molar-refractivity contribution in [2.75, 3.05) is 24.3 Å². The number of nitrogens with one attached hydrogen (secondary N) is 1. The van der Waals surface area contributed by atoms with E-state index in [1.807, 2.05) is 6.92 Å². The second-order valence-electron chi connectivity index (χ2n) is 5.72. The molecule has 0 fully saturated rings. The Labute approximate surface area is 120 Å². The molecule has 0 aliphatic rings. The molecule has 7 nitrogen and oxygen atoms in total. The van der Waals surface area contributed by atoms with Crippen LogP contribution in [-0.2, 0) is 0 Å². The summed E-state index contributed by atoms with van der Waals surface area (Å²) in [5, 5.41) is 12.4. The van der Waals surface area contributed by atoms with Crippen LogP contribution < -0.4 is 15.8 Å². The van der Waals surface area contributed by atoms with E-state index in [0.29, 0.717) is 19.0 Å².